The van der Waals surface area contributed by atoms with Gasteiger partial charge >= 0.3 is 6.03 Å². The number of hydrogen-bond donors (Lipinski definition) is 4. The van der Waals surface area contributed by atoms with Crippen LogP contribution in [0.4, 0.5) is 16.2 Å². The molecule has 0 fully saturated rings. The molecular formula is C22H28N6O2. The average Bonchev–Trinajstić information content (AvgIpc) is 2.72. The maximum Gasteiger partial charge on any atom is 0.323 e. The monoisotopic (exact) mass is 408 g/mol. The van der Waals surface area contributed by atoms with Crippen LogP contribution in [0.5, 0.6) is 0 Å². The van der Waals surface area contributed by atoms with Gasteiger partial charge in [0.2, 0.25) is 5.91 Å². The van der Waals surface area contributed by atoms with Crippen LogP contribution in [0.15, 0.2) is 47.5 Å². The van der Waals surface area contributed by atoms with Crippen LogP contribution >= 0.6 is 0 Å². The van der Waals surface area contributed by atoms with Crippen molar-refractivity contribution in [3.05, 3.63) is 59.2 Å². The van der Waals surface area contributed by atoms with E-state index >= 15 is 0 Å². The van der Waals surface area contributed by atoms with E-state index in [0.717, 1.165) is 28.1 Å². The quantitative estimate of drug-likeness (QED) is 0.333. The van der Waals surface area contributed by atoms with Crippen molar-refractivity contribution >= 4 is 29.3 Å². The Balaban J connectivity index is 1.59. The van der Waals surface area contributed by atoms with E-state index in [1.165, 1.54) is 0 Å². The molecule has 0 aromatic heterocycles. The second-order valence-electron chi connectivity index (χ2n) is 7.36. The number of rotatable bonds is 6. The number of aryl methyl sites for hydroxylation is 1. The predicted molar refractivity (Wildman–Crippen MR) is 119 cm³/mol. The zero-order valence-corrected chi connectivity index (χ0v) is 17.1. The smallest absolute Gasteiger partial charge is 0.323 e. The molecule has 3 amide bonds. The van der Waals surface area contributed by atoms with Gasteiger partial charge in [0.05, 0.1) is 0 Å². The maximum atomic E-state index is 12.5. The van der Waals surface area contributed by atoms with E-state index < -0.39 is 0 Å². The molecule has 0 saturated heterocycles. The number of fused-ring (bicyclic) bond motifs is 1. The summed E-state index contributed by atoms with van der Waals surface area (Å²) < 4.78 is 0. The standard InChI is InChI=1S/C22H28N6O2/c1-15-7-9-17(10-8-15)26-22(30)27-19-5-2-4-16-14-28(13-11-18(16)19)20(29)6-3-12-25-21(23)24/h2,4-5,7-10H,3,6,11-14H2,1H3,(H4,23,24,25)(H2,26,27,30). The molecule has 3 rings (SSSR count). The Kier molecular flexibility index (Phi) is 6.90. The lowest BCUT2D eigenvalue weighted by Crippen LogP contribution is -2.36. The molecule has 0 saturated carbocycles. The van der Waals surface area contributed by atoms with Crippen molar-refractivity contribution in [2.45, 2.75) is 32.7 Å². The first-order chi connectivity index (χ1) is 14.4. The molecule has 0 radical (unpaired) electrons. The van der Waals surface area contributed by atoms with Gasteiger partial charge in [0.15, 0.2) is 5.96 Å². The van der Waals surface area contributed by atoms with Crippen molar-refractivity contribution < 1.29 is 9.59 Å². The van der Waals surface area contributed by atoms with E-state index in [1.807, 2.05) is 54.3 Å². The molecule has 158 valence electrons. The number of amides is 3. The van der Waals surface area contributed by atoms with E-state index in [-0.39, 0.29) is 17.9 Å². The lowest BCUT2D eigenvalue weighted by atomic mass is 9.97. The van der Waals surface area contributed by atoms with Crippen molar-refractivity contribution in [3.8, 4) is 0 Å². The third-order valence-electron chi connectivity index (χ3n) is 5.02. The number of benzene rings is 2. The lowest BCUT2D eigenvalue weighted by molar-refractivity contribution is -0.132. The molecule has 0 bridgehead atoms. The van der Waals surface area contributed by atoms with Gasteiger partial charge in [-0.25, -0.2) is 4.79 Å². The summed E-state index contributed by atoms with van der Waals surface area (Å²) in [5, 5.41) is 5.78. The normalized spacial score (nSPS) is 12.6. The van der Waals surface area contributed by atoms with Crippen molar-refractivity contribution in [3.63, 3.8) is 0 Å². The molecule has 1 aliphatic heterocycles. The van der Waals surface area contributed by atoms with Crippen LogP contribution in [0.2, 0.25) is 0 Å². The first kappa shape index (κ1) is 21.2. The Bertz CT molecular complexity index is 935. The minimum Gasteiger partial charge on any atom is -0.370 e. The Morgan fingerprint density at radius 2 is 1.87 bits per heavy atom. The van der Waals surface area contributed by atoms with Crippen LogP contribution in [0.25, 0.3) is 0 Å². The molecule has 0 unspecified atom stereocenters. The van der Waals surface area contributed by atoms with E-state index in [0.29, 0.717) is 38.9 Å². The fraction of sp³-hybridized carbons (Fsp3) is 0.318. The number of guanidine groups is 1. The molecule has 0 atom stereocenters. The van der Waals surface area contributed by atoms with Crippen molar-refractivity contribution in [1.82, 2.24) is 4.90 Å². The van der Waals surface area contributed by atoms with Gasteiger partial charge in [-0.1, -0.05) is 29.8 Å². The predicted octanol–water partition coefficient (Wildman–Crippen LogP) is 2.58. The first-order valence-electron chi connectivity index (χ1n) is 10.0. The molecule has 6 N–H and O–H groups in total. The zero-order chi connectivity index (χ0) is 21.5. The largest absolute Gasteiger partial charge is 0.370 e. The molecule has 2 aromatic carbocycles. The topological polar surface area (TPSA) is 126 Å². The number of carbonyl (C=O) groups is 2. The molecule has 1 heterocycles. The zero-order valence-electron chi connectivity index (χ0n) is 17.1. The van der Waals surface area contributed by atoms with Gasteiger partial charge in [-0.3, -0.25) is 9.79 Å². The third kappa shape index (κ3) is 5.73. The van der Waals surface area contributed by atoms with Gasteiger partial charge in [0, 0.05) is 37.4 Å². The molecule has 2 aromatic rings. The van der Waals surface area contributed by atoms with Gasteiger partial charge in [0.25, 0.3) is 0 Å². The summed E-state index contributed by atoms with van der Waals surface area (Å²) >= 11 is 0. The van der Waals surface area contributed by atoms with E-state index in [1.54, 1.807) is 0 Å². The maximum absolute atomic E-state index is 12.5. The highest BCUT2D eigenvalue weighted by Crippen LogP contribution is 2.27. The first-order valence-corrected chi connectivity index (χ1v) is 10.0. The molecule has 0 aliphatic carbocycles. The van der Waals surface area contributed by atoms with Gasteiger partial charge in [-0.05, 0) is 49.1 Å². The Morgan fingerprint density at radius 3 is 2.60 bits per heavy atom. The fourth-order valence-corrected chi connectivity index (χ4v) is 3.46. The van der Waals surface area contributed by atoms with Gasteiger partial charge in [-0.2, -0.15) is 0 Å². The molecule has 8 heteroatoms. The highest BCUT2D eigenvalue weighted by atomic mass is 16.2. The van der Waals surface area contributed by atoms with Crippen LogP contribution in [-0.4, -0.2) is 35.9 Å². The number of nitrogens with two attached hydrogens (primary N) is 2. The number of nitrogens with one attached hydrogen (secondary N) is 2. The Hall–Kier alpha value is -3.55. The Labute approximate surface area is 176 Å². The summed E-state index contributed by atoms with van der Waals surface area (Å²) in [4.78, 5) is 30.6. The van der Waals surface area contributed by atoms with Crippen molar-refractivity contribution in [2.24, 2.45) is 16.5 Å². The van der Waals surface area contributed by atoms with Crippen LogP contribution in [0.1, 0.15) is 29.5 Å². The minimum atomic E-state index is -0.287. The van der Waals surface area contributed by atoms with Crippen LogP contribution in [-0.2, 0) is 17.8 Å². The summed E-state index contributed by atoms with van der Waals surface area (Å²) in [6, 6.07) is 13.1. The third-order valence-corrected chi connectivity index (χ3v) is 5.02. The van der Waals surface area contributed by atoms with Gasteiger partial charge in [-0.15, -0.1) is 0 Å². The van der Waals surface area contributed by atoms with E-state index in [9.17, 15) is 9.59 Å². The second-order valence-corrected chi connectivity index (χ2v) is 7.36. The van der Waals surface area contributed by atoms with E-state index in [4.69, 9.17) is 11.5 Å². The molecular weight excluding hydrogens is 380 g/mol. The summed E-state index contributed by atoms with van der Waals surface area (Å²) in [5.74, 6) is 0.128. The molecule has 1 aliphatic rings. The average molecular weight is 409 g/mol. The highest BCUT2D eigenvalue weighted by Gasteiger charge is 2.22. The number of nitrogens with zero attached hydrogens (tertiary/aromatic N) is 2. The second kappa shape index (κ2) is 9.78. The van der Waals surface area contributed by atoms with Crippen molar-refractivity contribution in [2.75, 3.05) is 23.7 Å². The fourth-order valence-electron chi connectivity index (χ4n) is 3.46. The molecule has 0 spiro atoms. The number of carbonyl (C=O) groups excluding carboxylic acids is 2. The summed E-state index contributed by atoms with van der Waals surface area (Å²) in [6.45, 7) is 3.60. The summed E-state index contributed by atoms with van der Waals surface area (Å²) in [5.41, 5.74) is 15.4. The van der Waals surface area contributed by atoms with Gasteiger partial charge < -0.3 is 27.0 Å². The number of aliphatic imine (C=N–C) groups is 1. The molecule has 30 heavy (non-hydrogen) atoms. The minimum absolute atomic E-state index is 0.0424. The van der Waals surface area contributed by atoms with Gasteiger partial charge in [0.1, 0.15) is 0 Å². The van der Waals surface area contributed by atoms with Crippen LogP contribution in [0, 0.1) is 6.92 Å². The highest BCUT2D eigenvalue weighted by molar-refractivity contribution is 6.00. The molecule has 8 nitrogen and oxygen atoms in total. The Morgan fingerprint density at radius 1 is 1.10 bits per heavy atom. The van der Waals surface area contributed by atoms with Crippen LogP contribution < -0.4 is 22.1 Å². The summed E-state index contributed by atoms with van der Waals surface area (Å²) in [6.07, 6.45) is 1.71. The number of urea groups is 1. The SMILES string of the molecule is Cc1ccc(NC(=O)Nc2cccc3c2CCN(C(=O)CCCN=C(N)N)C3)cc1. The van der Waals surface area contributed by atoms with Crippen LogP contribution in [0.3, 0.4) is 0 Å². The van der Waals surface area contributed by atoms with E-state index in [2.05, 4.69) is 15.6 Å². The summed E-state index contributed by atoms with van der Waals surface area (Å²) in [7, 11) is 0. The van der Waals surface area contributed by atoms with Crippen molar-refractivity contribution in [1.29, 1.82) is 0 Å². The number of anilines is 2. The lowest BCUT2D eigenvalue weighted by Gasteiger charge is -2.30. The number of hydrogen-bond acceptors (Lipinski definition) is 3.